The molecule has 0 heterocycles. The molecule has 1 aromatic rings. The molecule has 0 aliphatic heterocycles. The Labute approximate surface area is 137 Å². The average molecular weight is 319 g/mol. The maximum absolute atomic E-state index is 11.6. The van der Waals surface area contributed by atoms with Gasteiger partial charge in [0.15, 0.2) is 0 Å². The van der Waals surface area contributed by atoms with Crippen molar-refractivity contribution in [3.8, 4) is 0 Å². The summed E-state index contributed by atoms with van der Waals surface area (Å²) in [6, 6.07) is 7.85. The molecule has 1 rings (SSSR count). The van der Waals surface area contributed by atoms with Crippen LogP contribution in [0.4, 0.5) is 5.69 Å². The molecule has 0 atom stereocenters. The Morgan fingerprint density at radius 2 is 1.70 bits per heavy atom. The van der Waals surface area contributed by atoms with Gasteiger partial charge in [0, 0.05) is 32.6 Å². The van der Waals surface area contributed by atoms with Crippen molar-refractivity contribution in [1.82, 2.24) is 5.43 Å². The van der Waals surface area contributed by atoms with Crippen LogP contribution in [0.25, 0.3) is 0 Å². The highest BCUT2D eigenvalue weighted by molar-refractivity contribution is 5.82. The van der Waals surface area contributed by atoms with Gasteiger partial charge in [-0.2, -0.15) is 5.10 Å². The lowest BCUT2D eigenvalue weighted by molar-refractivity contribution is -0.137. The van der Waals surface area contributed by atoms with E-state index in [0.29, 0.717) is 12.8 Å². The van der Waals surface area contributed by atoms with E-state index < -0.39 is 5.97 Å². The predicted octanol–water partition coefficient (Wildman–Crippen LogP) is 2.63. The molecular formula is C17H25N3O3. The van der Waals surface area contributed by atoms with Crippen LogP contribution in [0.5, 0.6) is 0 Å². The number of carboxylic acids is 1. The zero-order valence-corrected chi connectivity index (χ0v) is 13.8. The van der Waals surface area contributed by atoms with E-state index >= 15 is 0 Å². The standard InChI is InChI=1S/C17H25N3O3/c1-20(2)15-11-9-14(10-12-15)13-18-19-16(21)7-5-3-4-6-8-17(22)23/h9-13H,3-8H2,1-2H3,(H,19,21)(H,22,23)/b18-13+. The fraction of sp³-hybridized carbons (Fsp3) is 0.471. The minimum absolute atomic E-state index is 0.121. The lowest BCUT2D eigenvalue weighted by Gasteiger charge is -2.11. The maximum Gasteiger partial charge on any atom is 0.303 e. The van der Waals surface area contributed by atoms with Gasteiger partial charge in [-0.15, -0.1) is 0 Å². The number of hydrazone groups is 1. The van der Waals surface area contributed by atoms with Crippen molar-refractivity contribution in [3.63, 3.8) is 0 Å². The van der Waals surface area contributed by atoms with Gasteiger partial charge in [0.2, 0.25) is 5.91 Å². The number of anilines is 1. The molecule has 0 spiro atoms. The van der Waals surface area contributed by atoms with E-state index in [1.165, 1.54) is 0 Å². The van der Waals surface area contributed by atoms with Gasteiger partial charge in [0.1, 0.15) is 0 Å². The Hall–Kier alpha value is -2.37. The number of carboxylic acid groups (broad SMARTS) is 1. The van der Waals surface area contributed by atoms with Gasteiger partial charge < -0.3 is 10.0 Å². The van der Waals surface area contributed by atoms with Crippen LogP contribution in [0.15, 0.2) is 29.4 Å². The number of hydrogen-bond acceptors (Lipinski definition) is 4. The van der Waals surface area contributed by atoms with Crippen molar-refractivity contribution in [2.75, 3.05) is 19.0 Å². The molecule has 0 saturated heterocycles. The number of aliphatic carboxylic acids is 1. The van der Waals surface area contributed by atoms with Gasteiger partial charge >= 0.3 is 5.97 Å². The first-order chi connectivity index (χ1) is 11.0. The van der Waals surface area contributed by atoms with Gasteiger partial charge in [0.05, 0.1) is 6.21 Å². The van der Waals surface area contributed by atoms with E-state index in [0.717, 1.165) is 30.5 Å². The molecule has 0 radical (unpaired) electrons. The van der Waals surface area contributed by atoms with Crippen molar-refractivity contribution in [2.24, 2.45) is 5.10 Å². The molecule has 0 aromatic heterocycles. The van der Waals surface area contributed by atoms with Crippen molar-refractivity contribution in [3.05, 3.63) is 29.8 Å². The number of unbranched alkanes of at least 4 members (excludes halogenated alkanes) is 3. The summed E-state index contributed by atoms with van der Waals surface area (Å²) in [6.07, 6.45) is 5.32. The van der Waals surface area contributed by atoms with E-state index in [1.807, 2.05) is 43.3 Å². The number of nitrogens with zero attached hydrogens (tertiary/aromatic N) is 2. The molecule has 1 aromatic carbocycles. The summed E-state index contributed by atoms with van der Waals surface area (Å²) in [7, 11) is 3.95. The molecule has 2 N–H and O–H groups in total. The van der Waals surface area contributed by atoms with Crippen LogP contribution in [-0.4, -0.2) is 37.3 Å². The molecule has 1 amide bonds. The van der Waals surface area contributed by atoms with Crippen LogP contribution in [0.1, 0.15) is 44.1 Å². The summed E-state index contributed by atoms with van der Waals surface area (Å²) in [4.78, 5) is 23.9. The zero-order valence-electron chi connectivity index (χ0n) is 13.8. The van der Waals surface area contributed by atoms with Crippen LogP contribution >= 0.6 is 0 Å². The third-order valence-electron chi connectivity index (χ3n) is 3.36. The molecule has 0 aliphatic rings. The Balaban J connectivity index is 2.18. The molecule has 6 heteroatoms. The Bertz CT molecular complexity index is 524. The largest absolute Gasteiger partial charge is 0.481 e. The summed E-state index contributed by atoms with van der Waals surface area (Å²) < 4.78 is 0. The summed E-state index contributed by atoms with van der Waals surface area (Å²) >= 11 is 0. The van der Waals surface area contributed by atoms with Gasteiger partial charge in [-0.25, -0.2) is 5.43 Å². The van der Waals surface area contributed by atoms with E-state index in [4.69, 9.17) is 5.11 Å². The molecule has 0 unspecified atom stereocenters. The summed E-state index contributed by atoms with van der Waals surface area (Å²) in [5, 5.41) is 12.4. The first kappa shape index (κ1) is 18.7. The van der Waals surface area contributed by atoms with Crippen LogP contribution in [0.2, 0.25) is 0 Å². The second-order valence-electron chi connectivity index (χ2n) is 5.59. The molecule has 0 fully saturated rings. The molecule has 0 bridgehead atoms. The third kappa shape index (κ3) is 8.60. The zero-order chi connectivity index (χ0) is 17.1. The van der Waals surface area contributed by atoms with Gasteiger partial charge in [-0.1, -0.05) is 25.0 Å². The summed E-state index contributed by atoms with van der Waals surface area (Å²) in [5.74, 6) is -0.889. The molecule has 6 nitrogen and oxygen atoms in total. The van der Waals surface area contributed by atoms with E-state index in [1.54, 1.807) is 6.21 Å². The Morgan fingerprint density at radius 3 is 2.26 bits per heavy atom. The fourth-order valence-electron chi connectivity index (χ4n) is 2.01. The number of carbonyl (C=O) groups is 2. The lowest BCUT2D eigenvalue weighted by atomic mass is 10.1. The van der Waals surface area contributed by atoms with Crippen LogP contribution in [0.3, 0.4) is 0 Å². The summed E-state index contributed by atoms with van der Waals surface area (Å²) in [5.41, 5.74) is 4.53. The van der Waals surface area contributed by atoms with Crippen molar-refractivity contribution >= 4 is 23.8 Å². The minimum Gasteiger partial charge on any atom is -0.481 e. The highest BCUT2D eigenvalue weighted by Crippen LogP contribution is 2.10. The van der Waals surface area contributed by atoms with Crippen LogP contribution in [-0.2, 0) is 9.59 Å². The molecular weight excluding hydrogens is 294 g/mol. The smallest absolute Gasteiger partial charge is 0.303 e. The highest BCUT2D eigenvalue weighted by Gasteiger charge is 2.01. The summed E-state index contributed by atoms with van der Waals surface area (Å²) in [6.45, 7) is 0. The van der Waals surface area contributed by atoms with E-state index in [2.05, 4.69) is 10.5 Å². The van der Waals surface area contributed by atoms with E-state index in [9.17, 15) is 9.59 Å². The second kappa shape index (κ2) is 10.4. The topological polar surface area (TPSA) is 82.0 Å². The number of benzene rings is 1. The number of carbonyl (C=O) groups excluding carboxylic acids is 1. The molecule has 0 aliphatic carbocycles. The minimum atomic E-state index is -0.768. The Kier molecular flexibility index (Phi) is 8.42. The average Bonchev–Trinajstić information content (AvgIpc) is 2.51. The van der Waals surface area contributed by atoms with Gasteiger partial charge in [0.25, 0.3) is 0 Å². The highest BCUT2D eigenvalue weighted by atomic mass is 16.4. The number of nitrogens with one attached hydrogen (secondary N) is 1. The SMILES string of the molecule is CN(C)c1ccc(/C=N/NC(=O)CCCCCCC(=O)O)cc1. The number of hydrogen-bond donors (Lipinski definition) is 2. The third-order valence-corrected chi connectivity index (χ3v) is 3.36. The first-order valence-electron chi connectivity index (χ1n) is 7.80. The molecule has 126 valence electrons. The van der Waals surface area contributed by atoms with Crippen molar-refractivity contribution in [1.29, 1.82) is 0 Å². The number of rotatable bonds is 10. The van der Waals surface area contributed by atoms with Crippen molar-refractivity contribution in [2.45, 2.75) is 38.5 Å². The van der Waals surface area contributed by atoms with Crippen LogP contribution < -0.4 is 10.3 Å². The monoisotopic (exact) mass is 319 g/mol. The quantitative estimate of drug-likeness (QED) is 0.394. The van der Waals surface area contributed by atoms with E-state index in [-0.39, 0.29) is 12.3 Å². The molecule has 0 saturated carbocycles. The number of amides is 1. The normalized spacial score (nSPS) is 10.7. The first-order valence-corrected chi connectivity index (χ1v) is 7.80. The predicted molar refractivity (Wildman–Crippen MR) is 91.8 cm³/mol. The van der Waals surface area contributed by atoms with Crippen LogP contribution in [0, 0.1) is 0 Å². The maximum atomic E-state index is 11.6. The lowest BCUT2D eigenvalue weighted by Crippen LogP contribution is -2.16. The molecule has 23 heavy (non-hydrogen) atoms. The Morgan fingerprint density at radius 1 is 1.09 bits per heavy atom. The second-order valence-corrected chi connectivity index (χ2v) is 5.59. The van der Waals surface area contributed by atoms with Crippen molar-refractivity contribution < 1.29 is 14.7 Å². The van der Waals surface area contributed by atoms with Gasteiger partial charge in [-0.05, 0) is 30.5 Å². The fourth-order valence-corrected chi connectivity index (χ4v) is 2.01. The van der Waals surface area contributed by atoms with Gasteiger partial charge in [-0.3, -0.25) is 9.59 Å².